The SMILES string of the molecule is CCCCCC1=CC(Cl)(c2cc(-c3ccc(CCC)cc3)ccc2-c2ccccc2)CC=C1. The van der Waals surface area contributed by atoms with Crippen LogP contribution in [0.15, 0.2) is 96.6 Å². The number of rotatable bonds is 9. The predicted molar refractivity (Wildman–Crippen MR) is 145 cm³/mol. The molecule has 0 aromatic heterocycles. The summed E-state index contributed by atoms with van der Waals surface area (Å²) in [5.74, 6) is 0. The molecule has 0 nitrogen and oxygen atoms in total. The van der Waals surface area contributed by atoms with Crippen molar-refractivity contribution in [3.05, 3.63) is 108 Å². The number of allylic oxidation sites excluding steroid dienone is 4. The number of hydrogen-bond acceptors (Lipinski definition) is 0. The van der Waals surface area contributed by atoms with Gasteiger partial charge in [0.15, 0.2) is 0 Å². The minimum absolute atomic E-state index is 0.528. The molecule has 0 aliphatic heterocycles. The van der Waals surface area contributed by atoms with Gasteiger partial charge in [-0.1, -0.05) is 124 Å². The lowest BCUT2D eigenvalue weighted by Crippen LogP contribution is -2.19. The van der Waals surface area contributed by atoms with Crippen LogP contribution in [-0.4, -0.2) is 0 Å². The lowest BCUT2D eigenvalue weighted by molar-refractivity contribution is 0.697. The van der Waals surface area contributed by atoms with Crippen LogP contribution in [0.1, 0.15) is 63.5 Å². The first-order valence-corrected chi connectivity index (χ1v) is 12.9. The van der Waals surface area contributed by atoms with Crippen molar-refractivity contribution in [3.8, 4) is 22.3 Å². The van der Waals surface area contributed by atoms with E-state index in [1.807, 2.05) is 0 Å². The Kier molecular flexibility index (Phi) is 7.89. The summed E-state index contributed by atoms with van der Waals surface area (Å²) in [4.78, 5) is -0.528. The Morgan fingerprint density at radius 2 is 1.52 bits per heavy atom. The van der Waals surface area contributed by atoms with Gasteiger partial charge in [0.05, 0.1) is 4.87 Å². The molecule has 0 saturated carbocycles. The first kappa shape index (κ1) is 23.6. The fraction of sp³-hybridized carbons (Fsp3) is 0.312. The first-order valence-electron chi connectivity index (χ1n) is 12.5. The van der Waals surface area contributed by atoms with Crippen molar-refractivity contribution in [1.29, 1.82) is 0 Å². The van der Waals surface area contributed by atoms with Crippen molar-refractivity contribution in [1.82, 2.24) is 0 Å². The molecule has 4 rings (SSSR count). The Balaban J connectivity index is 1.77. The third-order valence-electron chi connectivity index (χ3n) is 6.61. The summed E-state index contributed by atoms with van der Waals surface area (Å²) in [5.41, 5.74) is 8.86. The van der Waals surface area contributed by atoms with Crippen molar-refractivity contribution in [2.75, 3.05) is 0 Å². The zero-order chi connectivity index (χ0) is 23.1. The van der Waals surface area contributed by atoms with Gasteiger partial charge in [0.25, 0.3) is 0 Å². The van der Waals surface area contributed by atoms with E-state index in [9.17, 15) is 0 Å². The quantitative estimate of drug-likeness (QED) is 0.223. The third kappa shape index (κ3) is 5.68. The number of benzene rings is 3. The molecule has 3 aromatic rings. The zero-order valence-electron chi connectivity index (χ0n) is 20.0. The number of aryl methyl sites for hydroxylation is 1. The van der Waals surface area contributed by atoms with Crippen molar-refractivity contribution < 1.29 is 0 Å². The second kappa shape index (κ2) is 11.0. The Hall–Kier alpha value is -2.57. The Labute approximate surface area is 205 Å². The van der Waals surface area contributed by atoms with E-state index in [0.29, 0.717) is 0 Å². The maximum atomic E-state index is 7.46. The summed E-state index contributed by atoms with van der Waals surface area (Å²) >= 11 is 7.46. The van der Waals surface area contributed by atoms with E-state index >= 15 is 0 Å². The van der Waals surface area contributed by atoms with Crippen LogP contribution >= 0.6 is 11.6 Å². The highest BCUT2D eigenvalue weighted by Gasteiger charge is 2.31. The van der Waals surface area contributed by atoms with Crippen LogP contribution in [0.25, 0.3) is 22.3 Å². The van der Waals surface area contributed by atoms with Gasteiger partial charge in [-0.05, 0) is 65.1 Å². The van der Waals surface area contributed by atoms with Gasteiger partial charge in [-0.25, -0.2) is 0 Å². The van der Waals surface area contributed by atoms with Gasteiger partial charge in [-0.2, -0.15) is 0 Å². The monoisotopic (exact) mass is 454 g/mol. The molecule has 170 valence electrons. The second-order valence-corrected chi connectivity index (χ2v) is 9.89. The fourth-order valence-corrected chi connectivity index (χ4v) is 5.18. The van der Waals surface area contributed by atoms with Gasteiger partial charge >= 0.3 is 0 Å². The molecule has 0 N–H and O–H groups in total. The molecule has 3 aromatic carbocycles. The van der Waals surface area contributed by atoms with E-state index in [1.54, 1.807) is 0 Å². The molecule has 0 bridgehead atoms. The molecule has 0 amide bonds. The molecule has 0 heterocycles. The zero-order valence-corrected chi connectivity index (χ0v) is 20.7. The van der Waals surface area contributed by atoms with E-state index in [1.165, 1.54) is 64.6 Å². The summed E-state index contributed by atoms with van der Waals surface area (Å²) < 4.78 is 0. The van der Waals surface area contributed by atoms with Crippen molar-refractivity contribution in [3.63, 3.8) is 0 Å². The van der Waals surface area contributed by atoms with Crippen molar-refractivity contribution in [2.24, 2.45) is 0 Å². The standard InChI is InChI=1S/C32H35Cl/c1-3-5-7-12-26-13-10-22-32(33,24-26)31-23-29(27-18-16-25(11-4-2)17-19-27)20-21-30(31)28-14-8-6-9-15-28/h6,8-10,13-21,23-24H,3-5,7,11-12,22H2,1-2H3. The normalized spacial score (nSPS) is 17.7. The highest BCUT2D eigenvalue weighted by molar-refractivity contribution is 6.26. The van der Waals surface area contributed by atoms with Crippen molar-refractivity contribution >= 4 is 11.6 Å². The Morgan fingerprint density at radius 3 is 2.24 bits per heavy atom. The molecule has 1 aliphatic carbocycles. The first-order chi connectivity index (χ1) is 16.1. The van der Waals surface area contributed by atoms with E-state index in [0.717, 1.165) is 19.3 Å². The molecule has 1 heteroatoms. The number of hydrogen-bond donors (Lipinski definition) is 0. The minimum atomic E-state index is -0.528. The van der Waals surface area contributed by atoms with Gasteiger partial charge < -0.3 is 0 Å². The minimum Gasteiger partial charge on any atom is -0.109 e. The Morgan fingerprint density at radius 1 is 0.758 bits per heavy atom. The highest BCUT2D eigenvalue weighted by atomic mass is 35.5. The topological polar surface area (TPSA) is 0 Å². The van der Waals surface area contributed by atoms with Crippen LogP contribution in [0.5, 0.6) is 0 Å². The maximum Gasteiger partial charge on any atom is 0.0921 e. The molecule has 0 radical (unpaired) electrons. The molecule has 0 fully saturated rings. The van der Waals surface area contributed by atoms with Gasteiger partial charge in [0.2, 0.25) is 0 Å². The smallest absolute Gasteiger partial charge is 0.0921 e. The van der Waals surface area contributed by atoms with Crippen LogP contribution in [0, 0.1) is 0 Å². The lowest BCUT2D eigenvalue weighted by atomic mass is 9.82. The second-order valence-electron chi connectivity index (χ2n) is 9.22. The van der Waals surface area contributed by atoms with Crippen LogP contribution in [-0.2, 0) is 11.3 Å². The van der Waals surface area contributed by atoms with Gasteiger partial charge in [-0.3, -0.25) is 0 Å². The summed E-state index contributed by atoms with van der Waals surface area (Å²) in [6.45, 7) is 4.48. The van der Waals surface area contributed by atoms with Crippen LogP contribution < -0.4 is 0 Å². The number of unbranched alkanes of at least 4 members (excludes halogenated alkanes) is 2. The molecule has 0 saturated heterocycles. The van der Waals surface area contributed by atoms with Crippen LogP contribution in [0.4, 0.5) is 0 Å². The van der Waals surface area contributed by atoms with Gasteiger partial charge in [-0.15, -0.1) is 11.6 Å². The highest BCUT2D eigenvalue weighted by Crippen LogP contribution is 2.45. The Bertz CT molecular complexity index is 1110. The largest absolute Gasteiger partial charge is 0.109 e. The summed E-state index contributed by atoms with van der Waals surface area (Å²) in [7, 11) is 0. The van der Waals surface area contributed by atoms with E-state index in [-0.39, 0.29) is 0 Å². The van der Waals surface area contributed by atoms with Crippen LogP contribution in [0.3, 0.4) is 0 Å². The fourth-order valence-electron chi connectivity index (χ4n) is 4.79. The summed E-state index contributed by atoms with van der Waals surface area (Å²) in [6, 6.07) is 26.5. The van der Waals surface area contributed by atoms with Gasteiger partial charge in [0.1, 0.15) is 0 Å². The number of halogens is 1. The molecule has 1 unspecified atom stereocenters. The third-order valence-corrected chi connectivity index (χ3v) is 7.08. The lowest BCUT2D eigenvalue weighted by Gasteiger charge is -2.30. The van der Waals surface area contributed by atoms with E-state index in [2.05, 4.69) is 105 Å². The maximum absolute atomic E-state index is 7.46. The molecule has 33 heavy (non-hydrogen) atoms. The van der Waals surface area contributed by atoms with Crippen LogP contribution in [0.2, 0.25) is 0 Å². The van der Waals surface area contributed by atoms with E-state index < -0.39 is 4.87 Å². The van der Waals surface area contributed by atoms with Crippen molar-refractivity contribution in [2.45, 2.75) is 63.7 Å². The summed E-state index contributed by atoms with van der Waals surface area (Å²) in [6.07, 6.45) is 14.8. The number of alkyl halides is 1. The van der Waals surface area contributed by atoms with E-state index in [4.69, 9.17) is 11.6 Å². The van der Waals surface area contributed by atoms with Gasteiger partial charge in [0, 0.05) is 0 Å². The molecular weight excluding hydrogens is 420 g/mol. The molecule has 1 atom stereocenters. The predicted octanol–water partition coefficient (Wildman–Crippen LogP) is 9.87. The summed E-state index contributed by atoms with van der Waals surface area (Å²) in [5, 5.41) is 0. The molecule has 1 aliphatic rings. The molecule has 0 spiro atoms. The molecular formula is C32H35Cl. The average molecular weight is 455 g/mol. The average Bonchev–Trinajstić information content (AvgIpc) is 2.85.